The summed E-state index contributed by atoms with van der Waals surface area (Å²) in [5.74, 6) is 2.70. The van der Waals surface area contributed by atoms with Crippen molar-refractivity contribution >= 4 is 34.2 Å². The highest BCUT2D eigenvalue weighted by molar-refractivity contribution is 14.1. The molecule has 0 saturated carbocycles. The van der Waals surface area contributed by atoms with Crippen LogP contribution >= 0.6 is 34.2 Å². The Hall–Kier alpha value is -0.240. The van der Waals surface area contributed by atoms with Crippen molar-refractivity contribution in [2.75, 3.05) is 6.54 Å². The second-order valence-corrected chi connectivity index (χ2v) is 5.49. The molecule has 0 amide bonds. The molecular formula is C14H17ClIN. The fourth-order valence-corrected chi connectivity index (χ4v) is 2.19. The van der Waals surface area contributed by atoms with Gasteiger partial charge in [-0.15, -0.1) is 12.3 Å². The highest BCUT2D eigenvalue weighted by Gasteiger charge is 2.11. The van der Waals surface area contributed by atoms with Gasteiger partial charge in [0.15, 0.2) is 0 Å². The van der Waals surface area contributed by atoms with Crippen molar-refractivity contribution < 1.29 is 0 Å². The Balaban J connectivity index is 2.80. The first-order valence-electron chi connectivity index (χ1n) is 5.80. The minimum Gasteiger partial charge on any atom is -0.310 e. The summed E-state index contributed by atoms with van der Waals surface area (Å²) < 4.78 is 1.08. The van der Waals surface area contributed by atoms with E-state index in [9.17, 15) is 0 Å². The van der Waals surface area contributed by atoms with E-state index in [-0.39, 0.29) is 0 Å². The lowest BCUT2D eigenvalue weighted by Gasteiger charge is -2.18. The highest BCUT2D eigenvalue weighted by Crippen LogP contribution is 2.25. The van der Waals surface area contributed by atoms with Crippen molar-refractivity contribution in [1.29, 1.82) is 0 Å². The van der Waals surface area contributed by atoms with Gasteiger partial charge in [0.25, 0.3) is 0 Å². The molecule has 0 fully saturated rings. The largest absolute Gasteiger partial charge is 0.310 e. The van der Waals surface area contributed by atoms with Crippen LogP contribution in [0.15, 0.2) is 18.2 Å². The number of hydrogen-bond donors (Lipinski definition) is 1. The Bertz CT molecular complexity index is 398. The average molecular weight is 362 g/mol. The highest BCUT2D eigenvalue weighted by atomic mass is 127. The van der Waals surface area contributed by atoms with E-state index in [1.54, 1.807) is 0 Å². The number of nitrogens with one attached hydrogen (secondary N) is 1. The zero-order chi connectivity index (χ0) is 12.7. The monoisotopic (exact) mass is 361 g/mol. The second kappa shape index (κ2) is 7.97. The van der Waals surface area contributed by atoms with E-state index in [1.165, 1.54) is 5.56 Å². The Labute approximate surface area is 122 Å². The predicted octanol–water partition coefficient (Wildman–Crippen LogP) is 4.40. The third-order valence-corrected chi connectivity index (χ3v) is 4.14. The van der Waals surface area contributed by atoms with Crippen molar-refractivity contribution in [3.05, 3.63) is 32.4 Å². The molecule has 0 radical (unpaired) electrons. The van der Waals surface area contributed by atoms with E-state index in [4.69, 9.17) is 18.0 Å². The summed E-state index contributed by atoms with van der Waals surface area (Å²) in [4.78, 5) is 0. The van der Waals surface area contributed by atoms with Crippen LogP contribution in [-0.4, -0.2) is 6.54 Å². The van der Waals surface area contributed by atoms with Gasteiger partial charge in [0.1, 0.15) is 0 Å². The summed E-state index contributed by atoms with van der Waals surface area (Å²) in [5.41, 5.74) is 1.22. The number of halogens is 2. The van der Waals surface area contributed by atoms with Crippen LogP contribution in [0.4, 0.5) is 0 Å². The van der Waals surface area contributed by atoms with Crippen molar-refractivity contribution in [3.8, 4) is 12.3 Å². The molecule has 92 valence electrons. The van der Waals surface area contributed by atoms with Crippen molar-refractivity contribution in [3.63, 3.8) is 0 Å². The molecule has 3 heteroatoms. The molecule has 1 unspecified atom stereocenters. The quantitative estimate of drug-likeness (QED) is 0.585. The van der Waals surface area contributed by atoms with E-state index in [2.05, 4.69) is 52.9 Å². The van der Waals surface area contributed by atoms with Gasteiger partial charge >= 0.3 is 0 Å². The van der Waals surface area contributed by atoms with Gasteiger partial charge in [-0.05, 0) is 59.7 Å². The SMILES string of the molecule is C#CCCC(NCCC)c1ccc(I)c(Cl)c1. The third-order valence-electron chi connectivity index (χ3n) is 2.56. The normalized spacial score (nSPS) is 12.1. The Kier molecular flexibility index (Phi) is 6.94. The number of benzene rings is 1. The molecule has 0 aromatic heterocycles. The molecule has 1 nitrogen and oxygen atoms in total. The molecule has 1 aromatic rings. The van der Waals surface area contributed by atoms with Crippen LogP contribution in [0.1, 0.15) is 37.8 Å². The van der Waals surface area contributed by atoms with Gasteiger partial charge < -0.3 is 5.32 Å². The summed E-state index contributed by atoms with van der Waals surface area (Å²) in [6.07, 6.45) is 8.18. The van der Waals surface area contributed by atoms with Crippen LogP contribution < -0.4 is 5.32 Å². The Morgan fingerprint density at radius 2 is 2.29 bits per heavy atom. The summed E-state index contributed by atoms with van der Waals surface area (Å²) >= 11 is 8.39. The molecule has 0 aliphatic rings. The molecule has 1 rings (SSSR count). The lowest BCUT2D eigenvalue weighted by Crippen LogP contribution is -2.22. The maximum absolute atomic E-state index is 6.15. The van der Waals surface area contributed by atoms with E-state index >= 15 is 0 Å². The van der Waals surface area contributed by atoms with Crippen LogP contribution in [0.5, 0.6) is 0 Å². The molecular weight excluding hydrogens is 345 g/mol. The van der Waals surface area contributed by atoms with Gasteiger partial charge in [0.05, 0.1) is 5.02 Å². The summed E-state index contributed by atoms with van der Waals surface area (Å²) in [5, 5.41) is 4.32. The van der Waals surface area contributed by atoms with E-state index in [0.717, 1.165) is 34.4 Å². The van der Waals surface area contributed by atoms with Gasteiger partial charge in [0.2, 0.25) is 0 Å². The fraction of sp³-hybridized carbons (Fsp3) is 0.429. The van der Waals surface area contributed by atoms with Crippen molar-refractivity contribution in [1.82, 2.24) is 5.32 Å². The van der Waals surface area contributed by atoms with Crippen molar-refractivity contribution in [2.45, 2.75) is 32.2 Å². The van der Waals surface area contributed by atoms with E-state index < -0.39 is 0 Å². The topological polar surface area (TPSA) is 12.0 Å². The molecule has 1 atom stereocenters. The van der Waals surface area contributed by atoms with Gasteiger partial charge in [-0.1, -0.05) is 24.6 Å². The Morgan fingerprint density at radius 1 is 1.53 bits per heavy atom. The van der Waals surface area contributed by atoms with Crippen LogP contribution in [0.25, 0.3) is 0 Å². The van der Waals surface area contributed by atoms with Crippen LogP contribution in [-0.2, 0) is 0 Å². The fourth-order valence-electron chi connectivity index (χ4n) is 1.66. The van der Waals surface area contributed by atoms with Gasteiger partial charge in [-0.25, -0.2) is 0 Å². The molecule has 1 aromatic carbocycles. The molecule has 17 heavy (non-hydrogen) atoms. The lowest BCUT2D eigenvalue weighted by atomic mass is 10.0. The minimum atomic E-state index is 0.306. The van der Waals surface area contributed by atoms with Gasteiger partial charge in [0, 0.05) is 16.0 Å². The number of hydrogen-bond acceptors (Lipinski definition) is 1. The average Bonchev–Trinajstić information content (AvgIpc) is 2.33. The molecule has 0 heterocycles. The van der Waals surface area contributed by atoms with E-state index in [1.807, 2.05) is 6.07 Å². The molecule has 0 spiro atoms. The second-order valence-electron chi connectivity index (χ2n) is 3.92. The van der Waals surface area contributed by atoms with Crippen LogP contribution in [0, 0.1) is 15.9 Å². The maximum Gasteiger partial charge on any atom is 0.0542 e. The molecule has 0 aliphatic carbocycles. The zero-order valence-corrected chi connectivity index (χ0v) is 12.9. The van der Waals surface area contributed by atoms with E-state index in [0.29, 0.717) is 6.04 Å². The van der Waals surface area contributed by atoms with Gasteiger partial charge in [-0.3, -0.25) is 0 Å². The number of terminal acetylenes is 1. The lowest BCUT2D eigenvalue weighted by molar-refractivity contribution is 0.505. The standard InChI is InChI=1S/C14H17ClIN/c1-3-5-6-14(17-9-4-2)11-7-8-13(16)12(15)10-11/h1,7-8,10,14,17H,4-6,9H2,2H3. The first kappa shape index (κ1) is 14.8. The van der Waals surface area contributed by atoms with Crippen molar-refractivity contribution in [2.24, 2.45) is 0 Å². The van der Waals surface area contributed by atoms with Gasteiger partial charge in [-0.2, -0.15) is 0 Å². The zero-order valence-electron chi connectivity index (χ0n) is 9.97. The molecule has 0 bridgehead atoms. The first-order chi connectivity index (χ1) is 8.19. The number of rotatable bonds is 6. The predicted molar refractivity (Wildman–Crippen MR) is 83.3 cm³/mol. The third kappa shape index (κ3) is 4.87. The summed E-state index contributed by atoms with van der Waals surface area (Å²) in [6.45, 7) is 3.16. The molecule has 1 N–H and O–H groups in total. The molecule has 0 aliphatic heterocycles. The summed E-state index contributed by atoms with van der Waals surface area (Å²) in [6, 6.07) is 6.51. The minimum absolute atomic E-state index is 0.306. The van der Waals surface area contributed by atoms with Crippen LogP contribution in [0.3, 0.4) is 0 Å². The maximum atomic E-state index is 6.15. The summed E-state index contributed by atoms with van der Waals surface area (Å²) in [7, 11) is 0. The van der Waals surface area contributed by atoms with Crippen LogP contribution in [0.2, 0.25) is 5.02 Å². The Morgan fingerprint density at radius 3 is 2.88 bits per heavy atom. The smallest absolute Gasteiger partial charge is 0.0542 e. The molecule has 0 saturated heterocycles. The first-order valence-corrected chi connectivity index (χ1v) is 7.26.